The van der Waals surface area contributed by atoms with Crippen LogP contribution in [-0.4, -0.2) is 56.9 Å². The van der Waals surface area contributed by atoms with Crippen molar-refractivity contribution in [1.82, 2.24) is 24.3 Å². The summed E-state index contributed by atoms with van der Waals surface area (Å²) < 4.78 is 7.55. The molecule has 0 saturated carbocycles. The highest BCUT2D eigenvalue weighted by atomic mass is 16.5. The molecular weight excluding hydrogens is 440 g/mol. The van der Waals surface area contributed by atoms with Gasteiger partial charge in [-0.1, -0.05) is 24.3 Å². The molecule has 35 heavy (non-hydrogen) atoms. The molecule has 0 amide bonds. The van der Waals surface area contributed by atoms with Crippen LogP contribution in [0.15, 0.2) is 67.1 Å². The Balaban J connectivity index is 1.42. The van der Waals surface area contributed by atoms with Crippen LogP contribution in [0.4, 0.5) is 5.82 Å². The molecule has 0 bridgehead atoms. The molecule has 1 aromatic carbocycles. The Labute approximate surface area is 201 Å². The monoisotopic (exact) mass is 462 g/mol. The van der Waals surface area contributed by atoms with Crippen molar-refractivity contribution in [2.45, 2.75) is 0 Å². The molecule has 6 rings (SSSR count). The largest absolute Gasteiger partial charge is 0.378 e. The van der Waals surface area contributed by atoms with Gasteiger partial charge in [0.15, 0.2) is 17.8 Å². The molecule has 5 heterocycles. The van der Waals surface area contributed by atoms with E-state index < -0.39 is 0 Å². The number of rotatable bonds is 5. The standard InChI is InChI=1S/C27H22N6O2/c34-18-23-8-6-20(15-28-23)25-16-29-26(32-11-13-35-14-12-32)27-31-22(17-33(25)27)10-9-21-7-5-19-3-1-2-4-24(19)30-21/h1-10,15-18H,11-14H2/b10-9+. The quantitative estimate of drug-likeness (QED) is 0.363. The number of aromatic nitrogens is 5. The molecule has 8 heteroatoms. The molecule has 5 aromatic rings. The molecule has 4 aromatic heterocycles. The number of benzene rings is 1. The third-order valence-corrected chi connectivity index (χ3v) is 6.05. The lowest BCUT2D eigenvalue weighted by Gasteiger charge is -2.28. The van der Waals surface area contributed by atoms with Gasteiger partial charge in [0.1, 0.15) is 5.69 Å². The number of nitrogens with zero attached hydrogens (tertiary/aromatic N) is 6. The minimum Gasteiger partial charge on any atom is -0.378 e. The number of fused-ring (bicyclic) bond motifs is 2. The highest BCUT2D eigenvalue weighted by Crippen LogP contribution is 2.27. The Hall–Kier alpha value is -4.43. The van der Waals surface area contributed by atoms with Gasteiger partial charge < -0.3 is 9.64 Å². The van der Waals surface area contributed by atoms with E-state index in [2.05, 4.69) is 22.0 Å². The van der Waals surface area contributed by atoms with Gasteiger partial charge in [-0.25, -0.2) is 15.0 Å². The zero-order chi connectivity index (χ0) is 23.6. The number of para-hydroxylation sites is 1. The molecule has 0 radical (unpaired) electrons. The van der Waals surface area contributed by atoms with Gasteiger partial charge in [-0.15, -0.1) is 0 Å². The van der Waals surface area contributed by atoms with E-state index in [1.54, 1.807) is 12.3 Å². The van der Waals surface area contributed by atoms with E-state index >= 15 is 0 Å². The molecule has 1 aliphatic heterocycles. The summed E-state index contributed by atoms with van der Waals surface area (Å²) in [5.41, 5.74) is 5.46. The Morgan fingerprint density at radius 2 is 1.66 bits per heavy atom. The molecule has 8 nitrogen and oxygen atoms in total. The number of carbonyl (C=O) groups excluding carboxylic acids is 1. The van der Waals surface area contributed by atoms with Gasteiger partial charge in [-0.05, 0) is 36.4 Å². The van der Waals surface area contributed by atoms with Gasteiger partial charge >= 0.3 is 0 Å². The number of carbonyl (C=O) groups is 1. The van der Waals surface area contributed by atoms with E-state index in [9.17, 15) is 4.79 Å². The van der Waals surface area contributed by atoms with Crippen LogP contribution in [0.1, 0.15) is 21.9 Å². The molecular formula is C27H22N6O2. The maximum Gasteiger partial charge on any atom is 0.181 e. The van der Waals surface area contributed by atoms with Gasteiger partial charge in [-0.3, -0.25) is 14.2 Å². The van der Waals surface area contributed by atoms with E-state index in [4.69, 9.17) is 19.7 Å². The Bertz CT molecular complexity index is 1550. The van der Waals surface area contributed by atoms with E-state index in [1.807, 2.05) is 59.3 Å². The highest BCUT2D eigenvalue weighted by Gasteiger charge is 2.19. The van der Waals surface area contributed by atoms with E-state index in [1.165, 1.54) is 0 Å². The third-order valence-electron chi connectivity index (χ3n) is 6.05. The fourth-order valence-electron chi connectivity index (χ4n) is 4.25. The van der Waals surface area contributed by atoms with E-state index in [0.717, 1.165) is 64.4 Å². The minimum absolute atomic E-state index is 0.389. The number of morpholine rings is 1. The third kappa shape index (κ3) is 4.15. The predicted octanol–water partition coefficient (Wildman–Crippen LogP) is 4.16. The van der Waals surface area contributed by atoms with Crippen LogP contribution < -0.4 is 4.90 Å². The Morgan fingerprint density at radius 1 is 0.829 bits per heavy atom. The summed E-state index contributed by atoms with van der Waals surface area (Å²) >= 11 is 0. The van der Waals surface area contributed by atoms with Gasteiger partial charge in [0.05, 0.1) is 42.0 Å². The second kappa shape index (κ2) is 9.08. The first kappa shape index (κ1) is 21.1. The fraction of sp³-hybridized carbons (Fsp3) is 0.148. The summed E-state index contributed by atoms with van der Waals surface area (Å²) in [4.78, 5) is 31.9. The normalized spacial score (nSPS) is 14.2. The second-order valence-corrected chi connectivity index (χ2v) is 8.28. The van der Waals surface area contributed by atoms with Crippen molar-refractivity contribution < 1.29 is 9.53 Å². The van der Waals surface area contributed by atoms with Crippen LogP contribution in [0, 0.1) is 0 Å². The summed E-state index contributed by atoms with van der Waals surface area (Å²) in [7, 11) is 0. The second-order valence-electron chi connectivity index (χ2n) is 8.28. The molecule has 0 atom stereocenters. The zero-order valence-electron chi connectivity index (χ0n) is 18.9. The van der Waals surface area contributed by atoms with Crippen LogP contribution in [0.5, 0.6) is 0 Å². The molecule has 172 valence electrons. The SMILES string of the molecule is O=Cc1ccc(-c2cnc(N3CCOCC3)c3nc(/C=C/c4ccc5ccccc5n4)cn23)cn1. The van der Waals surface area contributed by atoms with E-state index in [-0.39, 0.29) is 0 Å². The molecule has 1 saturated heterocycles. The van der Waals surface area contributed by atoms with Gasteiger partial charge in [-0.2, -0.15) is 0 Å². The summed E-state index contributed by atoms with van der Waals surface area (Å²) in [5, 5.41) is 1.11. The van der Waals surface area contributed by atoms with Crippen molar-refractivity contribution in [3.05, 3.63) is 84.2 Å². The van der Waals surface area contributed by atoms with Crippen LogP contribution in [0.2, 0.25) is 0 Å². The predicted molar refractivity (Wildman–Crippen MR) is 135 cm³/mol. The van der Waals surface area contributed by atoms with Crippen molar-refractivity contribution in [1.29, 1.82) is 0 Å². The summed E-state index contributed by atoms with van der Waals surface area (Å²) in [6.45, 7) is 2.84. The molecule has 1 aliphatic rings. The first-order valence-corrected chi connectivity index (χ1v) is 11.4. The number of hydrogen-bond acceptors (Lipinski definition) is 7. The van der Waals surface area contributed by atoms with Crippen molar-refractivity contribution in [3.8, 4) is 11.3 Å². The molecule has 0 aliphatic carbocycles. The summed E-state index contributed by atoms with van der Waals surface area (Å²) in [5.74, 6) is 0.818. The fourth-order valence-corrected chi connectivity index (χ4v) is 4.25. The van der Waals surface area contributed by atoms with Crippen LogP contribution >= 0.6 is 0 Å². The molecule has 1 fully saturated rings. The van der Waals surface area contributed by atoms with Crippen molar-refractivity contribution in [2.75, 3.05) is 31.2 Å². The molecule has 0 spiro atoms. The van der Waals surface area contributed by atoms with Crippen LogP contribution in [-0.2, 0) is 4.74 Å². The maximum atomic E-state index is 11.0. The average Bonchev–Trinajstić information content (AvgIpc) is 3.36. The van der Waals surface area contributed by atoms with Crippen molar-refractivity contribution in [3.63, 3.8) is 0 Å². The zero-order valence-corrected chi connectivity index (χ0v) is 18.9. The summed E-state index contributed by atoms with van der Waals surface area (Å²) in [6, 6.07) is 15.7. The van der Waals surface area contributed by atoms with Crippen molar-refractivity contribution in [2.24, 2.45) is 0 Å². The van der Waals surface area contributed by atoms with Gasteiger partial charge in [0.2, 0.25) is 0 Å². The van der Waals surface area contributed by atoms with Crippen LogP contribution in [0.25, 0.3) is 40.0 Å². The number of hydrogen-bond donors (Lipinski definition) is 0. The van der Waals surface area contributed by atoms with Crippen LogP contribution in [0.3, 0.4) is 0 Å². The first-order chi connectivity index (χ1) is 17.3. The number of pyridine rings is 2. The lowest BCUT2D eigenvalue weighted by Crippen LogP contribution is -2.37. The van der Waals surface area contributed by atoms with E-state index in [0.29, 0.717) is 18.9 Å². The maximum absolute atomic E-state index is 11.0. The van der Waals surface area contributed by atoms with Gasteiger partial charge in [0.25, 0.3) is 0 Å². The number of imidazole rings is 1. The highest BCUT2D eigenvalue weighted by molar-refractivity contribution is 5.81. The number of anilines is 1. The number of aldehydes is 1. The molecule has 0 N–H and O–H groups in total. The summed E-state index contributed by atoms with van der Waals surface area (Å²) in [6.07, 6.45) is 10.2. The smallest absolute Gasteiger partial charge is 0.181 e. The molecule has 0 unspecified atom stereocenters. The lowest BCUT2D eigenvalue weighted by molar-refractivity contribution is 0.111. The first-order valence-electron chi connectivity index (χ1n) is 11.4. The topological polar surface area (TPSA) is 85.5 Å². The Kier molecular flexibility index (Phi) is 5.48. The minimum atomic E-state index is 0.389. The average molecular weight is 463 g/mol. The lowest BCUT2D eigenvalue weighted by atomic mass is 10.2. The Morgan fingerprint density at radius 3 is 2.49 bits per heavy atom. The van der Waals surface area contributed by atoms with Crippen molar-refractivity contribution >= 4 is 40.8 Å². The number of ether oxygens (including phenoxy) is 1. The van der Waals surface area contributed by atoms with Gasteiger partial charge in [0, 0.05) is 36.4 Å².